The summed E-state index contributed by atoms with van der Waals surface area (Å²) in [5, 5.41) is 0. The van der Waals surface area contributed by atoms with Crippen molar-refractivity contribution in [3.8, 4) is 17.2 Å². The van der Waals surface area contributed by atoms with E-state index in [1.54, 1.807) is 0 Å². The highest BCUT2D eigenvalue weighted by molar-refractivity contribution is 5.51. The van der Waals surface area contributed by atoms with E-state index in [9.17, 15) is 0 Å². The van der Waals surface area contributed by atoms with Gasteiger partial charge in [0, 0.05) is 0 Å². The van der Waals surface area contributed by atoms with Gasteiger partial charge in [0.25, 0.3) is 0 Å². The Balaban J connectivity index is 1.54. The molecule has 0 bridgehead atoms. The quantitative estimate of drug-likeness (QED) is 0.326. The Hall–Kier alpha value is -3.72. The van der Waals surface area contributed by atoms with E-state index in [1.807, 2.05) is 109 Å². The second-order valence-corrected chi connectivity index (χ2v) is 6.91. The molecule has 0 aliphatic heterocycles. The highest BCUT2D eigenvalue weighted by atomic mass is 16.5. The van der Waals surface area contributed by atoms with Gasteiger partial charge in [0.1, 0.15) is 19.8 Å². The van der Waals surface area contributed by atoms with Crippen LogP contribution in [-0.4, -0.2) is 0 Å². The Morgan fingerprint density at radius 1 is 0.367 bits per heavy atom. The maximum absolute atomic E-state index is 6.18. The van der Waals surface area contributed by atoms with E-state index in [0.717, 1.165) is 16.7 Å². The van der Waals surface area contributed by atoms with Crippen LogP contribution in [-0.2, 0) is 19.8 Å². The Morgan fingerprint density at radius 3 is 1.13 bits per heavy atom. The molecule has 30 heavy (non-hydrogen) atoms. The van der Waals surface area contributed by atoms with Gasteiger partial charge in [-0.3, -0.25) is 0 Å². The van der Waals surface area contributed by atoms with Crippen LogP contribution < -0.4 is 14.2 Å². The van der Waals surface area contributed by atoms with Gasteiger partial charge in [0.05, 0.1) is 0 Å². The smallest absolute Gasteiger partial charge is 0.203 e. The molecule has 0 heterocycles. The van der Waals surface area contributed by atoms with E-state index in [4.69, 9.17) is 14.2 Å². The van der Waals surface area contributed by atoms with Crippen LogP contribution >= 0.6 is 0 Å². The molecule has 0 unspecified atom stereocenters. The molecule has 0 aliphatic carbocycles. The zero-order valence-corrected chi connectivity index (χ0v) is 16.7. The first-order chi connectivity index (χ1) is 14.9. The number of rotatable bonds is 9. The largest absolute Gasteiger partial charge is 0.485 e. The summed E-state index contributed by atoms with van der Waals surface area (Å²) in [4.78, 5) is 0. The number of hydrogen-bond acceptors (Lipinski definition) is 3. The summed E-state index contributed by atoms with van der Waals surface area (Å²) in [7, 11) is 0. The van der Waals surface area contributed by atoms with Crippen LogP contribution in [0.5, 0.6) is 17.2 Å². The molecule has 3 nitrogen and oxygen atoms in total. The van der Waals surface area contributed by atoms with Crippen LogP contribution in [0.25, 0.3) is 0 Å². The van der Waals surface area contributed by atoms with Crippen LogP contribution in [0.3, 0.4) is 0 Å². The zero-order valence-electron chi connectivity index (χ0n) is 16.7. The van der Waals surface area contributed by atoms with Gasteiger partial charge in [0.2, 0.25) is 5.75 Å². The van der Waals surface area contributed by atoms with Gasteiger partial charge in [-0.2, -0.15) is 0 Å². The summed E-state index contributed by atoms with van der Waals surface area (Å²) < 4.78 is 18.4. The summed E-state index contributed by atoms with van der Waals surface area (Å²) in [6.45, 7) is 1.36. The molecular formula is C27H24O3. The highest BCUT2D eigenvalue weighted by Gasteiger charge is 2.14. The van der Waals surface area contributed by atoms with Gasteiger partial charge in [-0.15, -0.1) is 0 Å². The molecule has 0 saturated heterocycles. The molecule has 3 heteroatoms. The third-order valence-electron chi connectivity index (χ3n) is 4.64. The van der Waals surface area contributed by atoms with Gasteiger partial charge < -0.3 is 14.2 Å². The zero-order chi connectivity index (χ0) is 20.4. The molecule has 4 rings (SSSR count). The maximum Gasteiger partial charge on any atom is 0.203 e. The highest BCUT2D eigenvalue weighted by Crippen LogP contribution is 2.38. The van der Waals surface area contributed by atoms with Crippen molar-refractivity contribution in [1.29, 1.82) is 0 Å². The van der Waals surface area contributed by atoms with Gasteiger partial charge in [-0.05, 0) is 28.8 Å². The van der Waals surface area contributed by atoms with E-state index >= 15 is 0 Å². The molecule has 0 spiro atoms. The lowest BCUT2D eigenvalue weighted by atomic mass is 10.2. The van der Waals surface area contributed by atoms with Crippen molar-refractivity contribution in [2.75, 3.05) is 0 Å². The second-order valence-electron chi connectivity index (χ2n) is 6.91. The molecule has 0 N–H and O–H groups in total. The van der Waals surface area contributed by atoms with E-state index < -0.39 is 0 Å². The van der Waals surface area contributed by atoms with Crippen LogP contribution in [0, 0.1) is 0 Å². The molecule has 0 aliphatic rings. The van der Waals surface area contributed by atoms with Crippen molar-refractivity contribution in [3.05, 3.63) is 126 Å². The first-order valence-electron chi connectivity index (χ1n) is 10.0. The predicted octanol–water partition coefficient (Wildman–Crippen LogP) is 6.42. The Morgan fingerprint density at radius 2 is 0.733 bits per heavy atom. The van der Waals surface area contributed by atoms with Crippen molar-refractivity contribution in [3.63, 3.8) is 0 Å². The monoisotopic (exact) mass is 396 g/mol. The molecule has 4 aromatic carbocycles. The van der Waals surface area contributed by atoms with Crippen LogP contribution in [0.1, 0.15) is 16.7 Å². The standard InChI is InChI=1S/C27H24O3/c1-4-11-22(12-5-1)19-28-25-17-10-18-26(29-20-23-13-6-2-7-14-23)27(25)30-21-24-15-8-3-9-16-24/h1-18H,19-21H2. The first-order valence-corrected chi connectivity index (χ1v) is 10.0. The second kappa shape index (κ2) is 10.2. The minimum absolute atomic E-state index is 0.439. The van der Waals surface area contributed by atoms with Gasteiger partial charge in [-0.1, -0.05) is 97.1 Å². The van der Waals surface area contributed by atoms with E-state index in [2.05, 4.69) is 0 Å². The van der Waals surface area contributed by atoms with Gasteiger partial charge >= 0.3 is 0 Å². The van der Waals surface area contributed by atoms with Crippen molar-refractivity contribution in [1.82, 2.24) is 0 Å². The van der Waals surface area contributed by atoms with Crippen LogP contribution in [0.4, 0.5) is 0 Å². The summed E-state index contributed by atoms with van der Waals surface area (Å²) in [5.41, 5.74) is 3.29. The molecular weight excluding hydrogens is 372 g/mol. The lowest BCUT2D eigenvalue weighted by molar-refractivity contribution is 0.230. The molecule has 0 amide bonds. The van der Waals surface area contributed by atoms with E-state index in [-0.39, 0.29) is 0 Å². The van der Waals surface area contributed by atoms with Crippen molar-refractivity contribution in [2.45, 2.75) is 19.8 Å². The average Bonchev–Trinajstić information content (AvgIpc) is 2.82. The molecule has 0 atom stereocenters. The van der Waals surface area contributed by atoms with Crippen molar-refractivity contribution >= 4 is 0 Å². The lowest BCUT2D eigenvalue weighted by Crippen LogP contribution is -2.04. The van der Waals surface area contributed by atoms with Crippen LogP contribution in [0.2, 0.25) is 0 Å². The minimum atomic E-state index is 0.439. The molecule has 150 valence electrons. The Bertz CT molecular complexity index is 970. The Kier molecular flexibility index (Phi) is 6.64. The topological polar surface area (TPSA) is 27.7 Å². The number of hydrogen-bond donors (Lipinski definition) is 0. The fourth-order valence-electron chi connectivity index (χ4n) is 3.07. The summed E-state index contributed by atoms with van der Waals surface area (Å²) in [6, 6.07) is 36.0. The fourth-order valence-corrected chi connectivity index (χ4v) is 3.07. The normalized spacial score (nSPS) is 10.4. The predicted molar refractivity (Wildman–Crippen MR) is 119 cm³/mol. The minimum Gasteiger partial charge on any atom is -0.485 e. The maximum atomic E-state index is 6.18. The number of ether oxygens (including phenoxy) is 3. The van der Waals surface area contributed by atoms with Crippen molar-refractivity contribution in [2.24, 2.45) is 0 Å². The van der Waals surface area contributed by atoms with E-state index in [1.165, 1.54) is 0 Å². The molecule has 0 fully saturated rings. The summed E-state index contributed by atoms with van der Waals surface area (Å²) >= 11 is 0. The van der Waals surface area contributed by atoms with Gasteiger partial charge in [-0.25, -0.2) is 0 Å². The van der Waals surface area contributed by atoms with Crippen LogP contribution in [0.15, 0.2) is 109 Å². The lowest BCUT2D eigenvalue weighted by Gasteiger charge is -2.17. The summed E-state index contributed by atoms with van der Waals surface area (Å²) in [6.07, 6.45) is 0. The summed E-state index contributed by atoms with van der Waals surface area (Å²) in [5.74, 6) is 1.95. The van der Waals surface area contributed by atoms with Crippen molar-refractivity contribution < 1.29 is 14.2 Å². The number of benzene rings is 4. The first kappa shape index (κ1) is 19.6. The van der Waals surface area contributed by atoms with Gasteiger partial charge in [0.15, 0.2) is 11.5 Å². The number of para-hydroxylation sites is 1. The molecule has 0 aromatic heterocycles. The molecule has 0 radical (unpaired) electrons. The average molecular weight is 396 g/mol. The fraction of sp³-hybridized carbons (Fsp3) is 0.111. The SMILES string of the molecule is c1ccc(COc2cccc(OCc3ccccc3)c2OCc2ccccc2)cc1. The third-order valence-corrected chi connectivity index (χ3v) is 4.64. The molecule has 4 aromatic rings. The van der Waals surface area contributed by atoms with E-state index in [0.29, 0.717) is 37.1 Å². The Labute approximate surface area is 177 Å². The molecule has 0 saturated carbocycles. The third kappa shape index (κ3) is 5.42.